The summed E-state index contributed by atoms with van der Waals surface area (Å²) in [6.07, 6.45) is 3.67. The molecule has 1 saturated heterocycles. The van der Waals surface area contributed by atoms with E-state index in [1.165, 1.54) is 17.7 Å². The highest BCUT2D eigenvalue weighted by Crippen LogP contribution is 2.50. The van der Waals surface area contributed by atoms with Crippen molar-refractivity contribution in [3.05, 3.63) is 52.2 Å². The van der Waals surface area contributed by atoms with Crippen LogP contribution in [0.1, 0.15) is 35.7 Å². The Morgan fingerprint density at radius 1 is 1.31 bits per heavy atom. The third-order valence-corrected chi connectivity index (χ3v) is 6.97. The van der Waals surface area contributed by atoms with E-state index < -0.39 is 0 Å². The molecule has 5 rings (SSSR count). The molecule has 3 heterocycles. The smallest absolute Gasteiger partial charge is 0.257 e. The molecule has 2 atom stereocenters. The van der Waals surface area contributed by atoms with Crippen molar-refractivity contribution in [2.45, 2.75) is 38.1 Å². The molecular formula is C20H22N4OS. The Morgan fingerprint density at radius 2 is 2.19 bits per heavy atom. The van der Waals surface area contributed by atoms with Crippen LogP contribution in [0.3, 0.4) is 0 Å². The van der Waals surface area contributed by atoms with Gasteiger partial charge in [0.1, 0.15) is 0 Å². The first-order valence-electron chi connectivity index (χ1n) is 9.25. The van der Waals surface area contributed by atoms with Crippen LogP contribution in [-0.2, 0) is 12.0 Å². The van der Waals surface area contributed by atoms with Gasteiger partial charge in [-0.05, 0) is 37.8 Å². The van der Waals surface area contributed by atoms with Crippen LogP contribution < -0.4 is 0 Å². The minimum Gasteiger partial charge on any atom is -0.334 e. The fourth-order valence-electron chi connectivity index (χ4n) is 4.68. The lowest BCUT2D eigenvalue weighted by molar-refractivity contribution is 0.288. The summed E-state index contributed by atoms with van der Waals surface area (Å²) in [5.41, 5.74) is 4.15. The van der Waals surface area contributed by atoms with Gasteiger partial charge in [0.25, 0.3) is 5.89 Å². The molecule has 134 valence electrons. The van der Waals surface area contributed by atoms with E-state index in [-0.39, 0.29) is 5.41 Å². The number of hydrogen-bond donors (Lipinski definition) is 0. The summed E-state index contributed by atoms with van der Waals surface area (Å²) in [6.45, 7) is 5.22. The minimum atomic E-state index is 0.0507. The van der Waals surface area contributed by atoms with Crippen molar-refractivity contribution in [1.82, 2.24) is 20.0 Å². The molecular weight excluding hydrogens is 344 g/mol. The Kier molecular flexibility index (Phi) is 3.90. The molecule has 0 bridgehead atoms. The van der Waals surface area contributed by atoms with E-state index in [9.17, 15) is 0 Å². The molecule has 0 unspecified atom stereocenters. The molecule has 26 heavy (non-hydrogen) atoms. The normalized spacial score (nSPS) is 25.7. The average molecular weight is 366 g/mol. The maximum absolute atomic E-state index is 5.64. The summed E-state index contributed by atoms with van der Waals surface area (Å²) in [7, 11) is 0. The van der Waals surface area contributed by atoms with Gasteiger partial charge in [0, 0.05) is 30.1 Å². The highest BCUT2D eigenvalue weighted by molar-refractivity contribution is 7.09. The van der Waals surface area contributed by atoms with Crippen LogP contribution in [0.4, 0.5) is 0 Å². The van der Waals surface area contributed by atoms with Gasteiger partial charge in [-0.3, -0.25) is 4.90 Å². The molecule has 1 aliphatic heterocycles. The van der Waals surface area contributed by atoms with Gasteiger partial charge in [-0.1, -0.05) is 29.8 Å². The largest absolute Gasteiger partial charge is 0.334 e. The molecule has 0 spiro atoms. The van der Waals surface area contributed by atoms with E-state index >= 15 is 0 Å². The number of fused-ring (bicyclic) bond motifs is 1. The number of benzene rings is 1. The van der Waals surface area contributed by atoms with Gasteiger partial charge in [-0.2, -0.15) is 4.98 Å². The summed E-state index contributed by atoms with van der Waals surface area (Å²) in [4.78, 5) is 13.2. The Morgan fingerprint density at radius 3 is 3.00 bits per heavy atom. The number of thiazole rings is 1. The number of likely N-dealkylation sites (tertiary alicyclic amines) is 1. The van der Waals surface area contributed by atoms with Gasteiger partial charge in [-0.25, -0.2) is 4.98 Å². The summed E-state index contributed by atoms with van der Waals surface area (Å²) >= 11 is 1.76. The lowest BCUT2D eigenvalue weighted by Gasteiger charge is -2.24. The summed E-state index contributed by atoms with van der Waals surface area (Å²) in [6, 6.07) is 10.1. The van der Waals surface area contributed by atoms with E-state index in [0.29, 0.717) is 11.8 Å². The van der Waals surface area contributed by atoms with Gasteiger partial charge in [0.2, 0.25) is 0 Å². The molecule has 0 radical (unpaired) electrons. The van der Waals surface area contributed by atoms with Crippen molar-refractivity contribution in [2.75, 3.05) is 13.1 Å². The van der Waals surface area contributed by atoms with Crippen molar-refractivity contribution in [3.8, 4) is 11.5 Å². The van der Waals surface area contributed by atoms with Crippen molar-refractivity contribution >= 4 is 11.3 Å². The zero-order chi connectivity index (χ0) is 17.6. The summed E-state index contributed by atoms with van der Waals surface area (Å²) in [5, 5.41) is 4.43. The monoisotopic (exact) mass is 366 g/mol. The van der Waals surface area contributed by atoms with E-state index in [0.717, 1.165) is 43.1 Å². The molecule has 2 fully saturated rings. The minimum absolute atomic E-state index is 0.0507. The van der Waals surface area contributed by atoms with Crippen LogP contribution in [0.25, 0.3) is 11.5 Å². The van der Waals surface area contributed by atoms with Gasteiger partial charge in [0.15, 0.2) is 5.82 Å². The third kappa shape index (κ3) is 2.59. The Hall–Kier alpha value is -2.05. The van der Waals surface area contributed by atoms with Crippen LogP contribution in [0.2, 0.25) is 0 Å². The zero-order valence-corrected chi connectivity index (χ0v) is 15.7. The predicted octanol–water partition coefficient (Wildman–Crippen LogP) is 4.06. The fraction of sp³-hybridized carbons (Fsp3) is 0.450. The van der Waals surface area contributed by atoms with Gasteiger partial charge < -0.3 is 4.52 Å². The molecule has 3 aromatic rings. The van der Waals surface area contributed by atoms with Crippen LogP contribution in [0.15, 0.2) is 40.4 Å². The lowest BCUT2D eigenvalue weighted by atomic mass is 9.80. The first-order chi connectivity index (χ1) is 12.7. The fourth-order valence-corrected chi connectivity index (χ4v) is 5.50. The van der Waals surface area contributed by atoms with Gasteiger partial charge >= 0.3 is 0 Å². The first-order valence-corrected chi connectivity index (χ1v) is 10.1. The zero-order valence-electron chi connectivity index (χ0n) is 14.9. The first kappa shape index (κ1) is 16.1. The maximum Gasteiger partial charge on any atom is 0.257 e. The summed E-state index contributed by atoms with van der Waals surface area (Å²) in [5.74, 6) is 2.16. The van der Waals surface area contributed by atoms with E-state index in [4.69, 9.17) is 9.51 Å². The third-order valence-electron chi connectivity index (χ3n) is 6.05. The number of nitrogens with zero attached hydrogens (tertiary/aromatic N) is 4. The van der Waals surface area contributed by atoms with Crippen LogP contribution in [0, 0.1) is 12.8 Å². The quantitative estimate of drug-likeness (QED) is 0.697. The van der Waals surface area contributed by atoms with Crippen molar-refractivity contribution in [1.29, 1.82) is 0 Å². The lowest BCUT2D eigenvalue weighted by Crippen LogP contribution is -2.33. The Bertz CT molecular complexity index is 905. The highest BCUT2D eigenvalue weighted by Gasteiger charge is 2.53. The number of hydrogen-bond acceptors (Lipinski definition) is 6. The van der Waals surface area contributed by atoms with E-state index in [2.05, 4.69) is 22.0 Å². The average Bonchev–Trinajstić information content (AvgIpc) is 3.40. The van der Waals surface area contributed by atoms with Crippen molar-refractivity contribution in [2.24, 2.45) is 5.92 Å². The molecule has 0 N–H and O–H groups in total. The molecule has 5 nitrogen and oxygen atoms in total. The molecule has 1 saturated carbocycles. The highest BCUT2D eigenvalue weighted by atomic mass is 32.1. The van der Waals surface area contributed by atoms with Gasteiger partial charge in [0.05, 0.1) is 16.6 Å². The Balaban J connectivity index is 1.42. The molecule has 6 heteroatoms. The standard InChI is InChI=1S/C20H22N4OS/c1-14-17(26-13-21-14)11-24-10-16-8-5-9-20(16,12-24)19-22-18(25-23-19)15-6-3-2-4-7-15/h2-4,6-7,13,16H,5,8-12H2,1H3/t16-,20-/m1/s1. The van der Waals surface area contributed by atoms with Crippen LogP contribution >= 0.6 is 11.3 Å². The molecule has 1 aromatic carbocycles. The molecule has 2 aliphatic rings. The number of aryl methyl sites for hydroxylation is 1. The van der Waals surface area contributed by atoms with Crippen molar-refractivity contribution in [3.63, 3.8) is 0 Å². The molecule has 1 aliphatic carbocycles. The Labute approximate surface area is 157 Å². The second-order valence-electron chi connectivity index (χ2n) is 7.57. The topological polar surface area (TPSA) is 55.1 Å². The van der Waals surface area contributed by atoms with Crippen LogP contribution in [-0.4, -0.2) is 33.1 Å². The molecule has 0 amide bonds. The second kappa shape index (κ2) is 6.28. The second-order valence-corrected chi connectivity index (χ2v) is 8.50. The SMILES string of the molecule is Cc1ncsc1CN1C[C@H]2CCC[C@@]2(c2noc(-c3ccccc3)n2)C1. The number of rotatable bonds is 4. The predicted molar refractivity (Wildman–Crippen MR) is 101 cm³/mol. The number of aromatic nitrogens is 3. The van der Waals surface area contributed by atoms with E-state index in [1.54, 1.807) is 11.3 Å². The van der Waals surface area contributed by atoms with Crippen LogP contribution in [0.5, 0.6) is 0 Å². The maximum atomic E-state index is 5.64. The van der Waals surface area contributed by atoms with Crippen molar-refractivity contribution < 1.29 is 4.52 Å². The van der Waals surface area contributed by atoms with Gasteiger partial charge in [-0.15, -0.1) is 11.3 Å². The summed E-state index contributed by atoms with van der Waals surface area (Å²) < 4.78 is 5.64. The van der Waals surface area contributed by atoms with E-state index in [1.807, 2.05) is 35.8 Å². The molecule has 2 aromatic heterocycles.